The van der Waals surface area contributed by atoms with E-state index in [1.165, 1.54) is 35.4 Å². The van der Waals surface area contributed by atoms with E-state index in [4.69, 9.17) is 15.0 Å². The molecule has 0 aliphatic heterocycles. The Morgan fingerprint density at radius 3 is 1.85 bits per heavy atom. The highest BCUT2D eigenvalue weighted by atomic mass is 32.2. The van der Waals surface area contributed by atoms with Crippen molar-refractivity contribution in [2.45, 2.75) is 70.8 Å². The van der Waals surface area contributed by atoms with Crippen molar-refractivity contribution in [3.63, 3.8) is 0 Å². The van der Waals surface area contributed by atoms with Crippen LogP contribution in [0.3, 0.4) is 0 Å². The number of anilines is 3. The lowest BCUT2D eigenvalue weighted by atomic mass is 9.99. The van der Waals surface area contributed by atoms with Gasteiger partial charge in [0.1, 0.15) is 12.3 Å². The zero-order chi connectivity index (χ0) is 45.5. The van der Waals surface area contributed by atoms with Crippen molar-refractivity contribution in [3.8, 4) is 5.75 Å². The van der Waals surface area contributed by atoms with Gasteiger partial charge in [0, 0.05) is 41.3 Å². The second kappa shape index (κ2) is 22.9. The van der Waals surface area contributed by atoms with Crippen molar-refractivity contribution >= 4 is 43.0 Å². The third-order valence-electron chi connectivity index (χ3n) is 9.93. The van der Waals surface area contributed by atoms with Gasteiger partial charge in [-0.05, 0) is 146 Å². The lowest BCUT2D eigenvalue weighted by Crippen LogP contribution is -2.29. The van der Waals surface area contributed by atoms with E-state index >= 15 is 0 Å². The second-order valence-corrected chi connectivity index (χ2v) is 17.2. The fourth-order valence-electron chi connectivity index (χ4n) is 6.54. The highest BCUT2D eigenvalue weighted by Gasteiger charge is 2.17. The molecule has 0 amide bonds. The Morgan fingerprint density at radius 1 is 0.742 bits per heavy atom. The molecular weight excluding hydrogens is 821 g/mol. The minimum atomic E-state index is -4.26. The number of allylic oxidation sites excluding steroid dienone is 5. The first-order valence-corrected chi connectivity index (χ1v) is 23.4. The number of nitrogens with one attached hydrogen (secondary N) is 1. The van der Waals surface area contributed by atoms with Crippen LogP contribution in [-0.4, -0.2) is 56.0 Å². The van der Waals surface area contributed by atoms with E-state index in [1.807, 2.05) is 94.1 Å². The number of nitrogens with two attached hydrogens (primary N) is 1. The summed E-state index contributed by atoms with van der Waals surface area (Å²) in [6.45, 7) is 18.7. The molecular formula is C49H59N4O7S2+. The van der Waals surface area contributed by atoms with E-state index in [9.17, 15) is 21.4 Å². The van der Waals surface area contributed by atoms with Gasteiger partial charge in [0.05, 0.1) is 23.1 Å². The van der Waals surface area contributed by atoms with Crippen molar-refractivity contribution < 1.29 is 35.3 Å². The van der Waals surface area contributed by atoms with Crippen LogP contribution in [0.2, 0.25) is 0 Å². The third kappa shape index (κ3) is 14.4. The molecule has 0 saturated heterocycles. The molecule has 5 aromatic rings. The molecule has 1 aliphatic rings. The van der Waals surface area contributed by atoms with Crippen molar-refractivity contribution in [3.05, 3.63) is 179 Å². The number of hydrogen-bond acceptors (Lipinski definition) is 8. The minimum Gasteiger partial charge on any atom is -0.494 e. The van der Waals surface area contributed by atoms with Gasteiger partial charge in [0.15, 0.2) is 12.3 Å². The average Bonchev–Trinajstić information content (AvgIpc) is 3.25. The van der Waals surface area contributed by atoms with E-state index in [0.717, 1.165) is 69.3 Å². The Kier molecular flexibility index (Phi) is 18.0. The number of ether oxygens (including phenoxy) is 1. The van der Waals surface area contributed by atoms with E-state index in [1.54, 1.807) is 12.1 Å². The van der Waals surface area contributed by atoms with Crippen molar-refractivity contribution in [2.75, 3.05) is 30.0 Å². The summed E-state index contributed by atoms with van der Waals surface area (Å²) in [5.41, 5.74) is 17.3. The van der Waals surface area contributed by atoms with E-state index in [-0.39, 0.29) is 16.5 Å². The summed E-state index contributed by atoms with van der Waals surface area (Å²) >= 11 is 0. The second-order valence-electron chi connectivity index (χ2n) is 14.3. The van der Waals surface area contributed by atoms with Gasteiger partial charge >= 0.3 is 0 Å². The summed E-state index contributed by atoms with van der Waals surface area (Å²) in [4.78, 5) is 1.76. The molecule has 5 aromatic carbocycles. The number of nitrogens with zero attached hydrogens (tertiary/aromatic N) is 2. The van der Waals surface area contributed by atoms with Crippen LogP contribution in [0.4, 0.5) is 17.1 Å². The lowest BCUT2D eigenvalue weighted by molar-refractivity contribution is -0.539. The fraction of sp³-hybridized carbons (Fsp3) is 0.245. The molecule has 0 bridgehead atoms. The van der Waals surface area contributed by atoms with Crippen LogP contribution >= 0.6 is 0 Å². The van der Waals surface area contributed by atoms with Crippen LogP contribution in [0.25, 0.3) is 0 Å². The predicted octanol–water partition coefficient (Wildman–Crippen LogP) is 9.90. The molecule has 62 heavy (non-hydrogen) atoms. The first-order valence-electron chi connectivity index (χ1n) is 20.5. The van der Waals surface area contributed by atoms with E-state index in [2.05, 4.69) is 65.9 Å². The smallest absolute Gasteiger partial charge is 0.294 e. The van der Waals surface area contributed by atoms with Crippen molar-refractivity contribution in [1.29, 1.82) is 0 Å². The summed E-state index contributed by atoms with van der Waals surface area (Å²) in [5, 5.41) is 3.41. The van der Waals surface area contributed by atoms with Crippen molar-refractivity contribution in [1.82, 2.24) is 0 Å². The largest absolute Gasteiger partial charge is 0.494 e. The van der Waals surface area contributed by atoms with Crippen LogP contribution in [-0.2, 0) is 39.7 Å². The van der Waals surface area contributed by atoms with Crippen LogP contribution < -0.4 is 20.7 Å². The maximum atomic E-state index is 11.5. The molecule has 6 rings (SSSR count). The third-order valence-corrected chi connectivity index (χ3v) is 11.6. The van der Waals surface area contributed by atoms with E-state index in [0.29, 0.717) is 19.7 Å². The molecule has 13 heteroatoms. The van der Waals surface area contributed by atoms with Gasteiger partial charge in [0.25, 0.3) is 20.2 Å². The number of benzene rings is 5. The quantitative estimate of drug-likeness (QED) is 0.0453. The molecule has 1 aliphatic carbocycles. The maximum absolute atomic E-state index is 11.5. The van der Waals surface area contributed by atoms with Gasteiger partial charge < -0.3 is 20.7 Å². The molecule has 0 aromatic heterocycles. The standard InChI is InChI=1S/C30H33N3O4S.C17H19NO3S.C2H6/c1-3-37-29-15-12-27(13-16-29)32-26-10-7-23(8-11-26)18-25-9-14-28(17-22(25)2)33(21-31)20-24-5-4-6-30(19-24)38(34,35)36;1-4-18(16-9-8-13(2)14(3)10-16)12-15-6-5-7-17(11-15)22(19,20)21;1-2/h4-17,19,32H,3,18,20-21,31H2,1-2H3,(H,34,35,36);5-11H,2,4,12H2,1,3H3;1-2H3/p+1. The summed E-state index contributed by atoms with van der Waals surface area (Å²) in [6, 6.07) is 35.2. The number of aryl methyl sites for hydroxylation is 1. The van der Waals surface area contributed by atoms with Crippen LogP contribution in [0.1, 0.15) is 62.4 Å². The normalized spacial score (nSPS) is 13.2. The highest BCUT2D eigenvalue weighted by molar-refractivity contribution is 7.86. The molecule has 0 saturated carbocycles. The molecule has 0 atom stereocenters. The average molecular weight is 880 g/mol. The summed E-state index contributed by atoms with van der Waals surface area (Å²) in [5.74, 6) is 0.857. The fourth-order valence-corrected chi connectivity index (χ4v) is 7.64. The van der Waals surface area contributed by atoms with Gasteiger partial charge in [-0.2, -0.15) is 16.8 Å². The topological polar surface area (TPSA) is 162 Å². The molecule has 0 heterocycles. The maximum Gasteiger partial charge on any atom is 0.294 e. The molecule has 0 radical (unpaired) electrons. The Morgan fingerprint density at radius 2 is 1.32 bits per heavy atom. The van der Waals surface area contributed by atoms with Crippen LogP contribution in [0.5, 0.6) is 5.75 Å². The zero-order valence-corrected chi connectivity index (χ0v) is 38.0. The SMILES string of the molecule is C=C1C=CC(=[N+](CC)Cc2cccc(S(=O)(=O)O)c2)C=C1C.CC.CCOc1ccc(Nc2ccc(Cc3ccc(N(CN)Cc4cccc(S(=O)(=O)O)c4)cc3C)cc2)cc1. The van der Waals surface area contributed by atoms with Gasteiger partial charge in [-0.3, -0.25) is 9.11 Å². The lowest BCUT2D eigenvalue weighted by Gasteiger charge is -2.24. The monoisotopic (exact) mass is 879 g/mol. The van der Waals surface area contributed by atoms with E-state index < -0.39 is 20.2 Å². The summed E-state index contributed by atoms with van der Waals surface area (Å²) in [7, 11) is -8.43. The molecule has 0 fully saturated rings. The Balaban J connectivity index is 0.000000299. The van der Waals surface area contributed by atoms with Crippen molar-refractivity contribution in [2.24, 2.45) is 5.73 Å². The summed E-state index contributed by atoms with van der Waals surface area (Å²) < 4.78 is 71.5. The van der Waals surface area contributed by atoms with Gasteiger partial charge in [-0.15, -0.1) is 0 Å². The minimum absolute atomic E-state index is 0.0784. The Bertz CT molecular complexity index is 2620. The Hall–Kier alpha value is -5.83. The molecule has 5 N–H and O–H groups in total. The highest BCUT2D eigenvalue weighted by Crippen LogP contribution is 2.25. The predicted molar refractivity (Wildman–Crippen MR) is 252 cm³/mol. The molecule has 0 spiro atoms. The first-order chi connectivity index (χ1) is 29.6. The van der Waals surface area contributed by atoms with Crippen LogP contribution in [0, 0.1) is 6.92 Å². The molecule has 328 valence electrons. The Labute approximate surface area is 368 Å². The van der Waals surface area contributed by atoms with Gasteiger partial charge in [-0.1, -0.05) is 62.9 Å². The first kappa shape index (κ1) is 48.8. The zero-order valence-electron chi connectivity index (χ0n) is 36.4. The number of rotatable bonds is 15. The molecule has 11 nitrogen and oxygen atoms in total. The van der Waals surface area contributed by atoms with Gasteiger partial charge in [0.2, 0.25) is 0 Å². The molecule has 0 unspecified atom stereocenters. The van der Waals surface area contributed by atoms with Crippen LogP contribution in [0.15, 0.2) is 161 Å². The summed E-state index contributed by atoms with van der Waals surface area (Å²) in [6.07, 6.45) is 6.85. The van der Waals surface area contributed by atoms with Gasteiger partial charge in [-0.25, -0.2) is 4.58 Å². The number of hydrogen-bond donors (Lipinski definition) is 4.